The van der Waals surface area contributed by atoms with Gasteiger partial charge in [0.1, 0.15) is 11.6 Å². The lowest BCUT2D eigenvalue weighted by Gasteiger charge is -2.15. The maximum atomic E-state index is 12.0. The Morgan fingerprint density at radius 2 is 2.05 bits per heavy atom. The fourth-order valence-electron chi connectivity index (χ4n) is 2.05. The van der Waals surface area contributed by atoms with E-state index in [0.29, 0.717) is 16.4 Å². The summed E-state index contributed by atoms with van der Waals surface area (Å²) in [5, 5.41) is 11.2. The molecule has 0 radical (unpaired) electrons. The normalized spacial score (nSPS) is 13.5. The van der Waals surface area contributed by atoms with Crippen LogP contribution in [-0.4, -0.2) is 34.3 Å². The number of aryl methyl sites for hydroxylation is 1. The van der Waals surface area contributed by atoms with Gasteiger partial charge in [0.15, 0.2) is 0 Å². The lowest BCUT2D eigenvalue weighted by Crippen LogP contribution is -2.37. The predicted molar refractivity (Wildman–Crippen MR) is 76.4 cm³/mol. The van der Waals surface area contributed by atoms with Gasteiger partial charge in [-0.25, -0.2) is 0 Å². The molecule has 0 saturated carbocycles. The number of ketones is 1. The summed E-state index contributed by atoms with van der Waals surface area (Å²) in [6, 6.07) is 6.60. The zero-order valence-electron chi connectivity index (χ0n) is 11.0. The molecule has 0 saturated heterocycles. The molecule has 0 spiro atoms. The first-order valence-electron chi connectivity index (χ1n) is 6.11. The summed E-state index contributed by atoms with van der Waals surface area (Å²) < 4.78 is 0. The Hall–Kier alpha value is -2.61. The first-order valence-corrected chi connectivity index (χ1v) is 6.93. The number of hydrogen-bond donors (Lipinski definition) is 1. The monoisotopic (exact) mass is 302 g/mol. The number of nitrogens with zero attached hydrogens (tertiary/aromatic N) is 3. The minimum atomic E-state index is -0.695. The molecule has 0 fully saturated rings. The first-order chi connectivity index (χ1) is 10.1. The van der Waals surface area contributed by atoms with Crippen molar-refractivity contribution >= 4 is 39.8 Å². The minimum absolute atomic E-state index is 0.236. The van der Waals surface area contributed by atoms with Gasteiger partial charge in [-0.2, -0.15) is 0 Å². The SMILES string of the molecule is Cc1nnc(NC(=O)CN2C(=O)C(=O)c3ccccc32)s1. The van der Waals surface area contributed by atoms with Gasteiger partial charge < -0.3 is 0 Å². The van der Waals surface area contributed by atoms with E-state index in [1.807, 2.05) is 0 Å². The highest BCUT2D eigenvalue weighted by Gasteiger charge is 2.36. The highest BCUT2D eigenvalue weighted by atomic mass is 32.1. The minimum Gasteiger partial charge on any atom is -0.299 e. The Kier molecular flexibility index (Phi) is 3.22. The molecule has 7 nitrogen and oxygen atoms in total. The fourth-order valence-corrected chi connectivity index (χ4v) is 2.66. The van der Waals surface area contributed by atoms with Gasteiger partial charge in [-0.1, -0.05) is 23.5 Å². The van der Waals surface area contributed by atoms with Crippen LogP contribution >= 0.6 is 11.3 Å². The average molecular weight is 302 g/mol. The lowest BCUT2D eigenvalue weighted by molar-refractivity contribution is -0.118. The van der Waals surface area contributed by atoms with Gasteiger partial charge in [-0.15, -0.1) is 10.2 Å². The van der Waals surface area contributed by atoms with E-state index in [1.54, 1.807) is 31.2 Å². The van der Waals surface area contributed by atoms with Crippen LogP contribution in [-0.2, 0) is 9.59 Å². The second-order valence-corrected chi connectivity index (χ2v) is 5.59. The molecule has 1 aromatic carbocycles. The average Bonchev–Trinajstić information content (AvgIpc) is 2.97. The van der Waals surface area contributed by atoms with Crippen molar-refractivity contribution < 1.29 is 14.4 Å². The third-order valence-corrected chi connectivity index (χ3v) is 3.71. The van der Waals surface area contributed by atoms with Crippen molar-refractivity contribution in [2.24, 2.45) is 0 Å². The van der Waals surface area contributed by atoms with Crippen LogP contribution in [0.25, 0.3) is 0 Å². The number of benzene rings is 1. The van der Waals surface area contributed by atoms with Gasteiger partial charge in [0.25, 0.3) is 11.7 Å². The molecule has 8 heteroatoms. The van der Waals surface area contributed by atoms with Crippen LogP contribution in [0.1, 0.15) is 15.4 Å². The molecule has 1 aromatic heterocycles. The van der Waals surface area contributed by atoms with Crippen LogP contribution in [0.5, 0.6) is 0 Å². The third-order valence-electron chi connectivity index (χ3n) is 2.95. The predicted octanol–water partition coefficient (Wildman–Crippen LogP) is 1.01. The maximum Gasteiger partial charge on any atom is 0.299 e. The molecule has 21 heavy (non-hydrogen) atoms. The van der Waals surface area contributed by atoms with Crippen LogP contribution in [0.4, 0.5) is 10.8 Å². The molecule has 0 atom stereocenters. The van der Waals surface area contributed by atoms with Crippen molar-refractivity contribution in [1.29, 1.82) is 0 Å². The number of nitrogens with one attached hydrogen (secondary N) is 1. The number of Topliss-reactive ketones (excluding diaryl/α,β-unsaturated/α-hetero) is 1. The van der Waals surface area contributed by atoms with Gasteiger partial charge in [0.2, 0.25) is 11.0 Å². The Bertz CT molecular complexity index is 755. The number of hydrogen-bond acceptors (Lipinski definition) is 6. The van der Waals surface area contributed by atoms with Gasteiger partial charge >= 0.3 is 0 Å². The number of amides is 2. The van der Waals surface area contributed by atoms with E-state index in [9.17, 15) is 14.4 Å². The van der Waals surface area contributed by atoms with Crippen LogP contribution in [0.3, 0.4) is 0 Å². The lowest BCUT2D eigenvalue weighted by atomic mass is 10.1. The second kappa shape index (κ2) is 5.06. The zero-order valence-corrected chi connectivity index (χ0v) is 11.8. The molecule has 3 rings (SSSR count). The number of rotatable bonds is 3. The van der Waals surface area contributed by atoms with E-state index in [0.717, 1.165) is 5.01 Å². The number of carbonyl (C=O) groups excluding carboxylic acids is 3. The first kappa shape index (κ1) is 13.4. The van der Waals surface area contributed by atoms with E-state index in [2.05, 4.69) is 15.5 Å². The maximum absolute atomic E-state index is 12.0. The molecule has 2 amide bonds. The Balaban J connectivity index is 1.77. The molecule has 2 aromatic rings. The Labute approximate surface area is 123 Å². The highest BCUT2D eigenvalue weighted by molar-refractivity contribution is 7.15. The van der Waals surface area contributed by atoms with Crippen LogP contribution in [0.15, 0.2) is 24.3 Å². The van der Waals surface area contributed by atoms with Crippen molar-refractivity contribution in [2.45, 2.75) is 6.92 Å². The van der Waals surface area contributed by atoms with E-state index < -0.39 is 17.6 Å². The third kappa shape index (κ3) is 2.40. The van der Waals surface area contributed by atoms with Crippen molar-refractivity contribution in [1.82, 2.24) is 10.2 Å². The Morgan fingerprint density at radius 1 is 1.29 bits per heavy atom. The zero-order chi connectivity index (χ0) is 15.0. The summed E-state index contributed by atoms with van der Waals surface area (Å²) in [4.78, 5) is 36.9. The molecule has 1 aliphatic heterocycles. The number of carbonyl (C=O) groups is 3. The second-order valence-electron chi connectivity index (χ2n) is 4.41. The molecular weight excluding hydrogens is 292 g/mol. The summed E-state index contributed by atoms with van der Waals surface area (Å²) in [5.41, 5.74) is 0.776. The van der Waals surface area contributed by atoms with Crippen molar-refractivity contribution in [3.63, 3.8) is 0 Å². The molecule has 0 unspecified atom stereocenters. The van der Waals surface area contributed by atoms with Crippen molar-refractivity contribution in [3.8, 4) is 0 Å². The highest BCUT2D eigenvalue weighted by Crippen LogP contribution is 2.28. The van der Waals surface area contributed by atoms with Crippen molar-refractivity contribution in [2.75, 3.05) is 16.8 Å². The van der Waals surface area contributed by atoms with Crippen LogP contribution < -0.4 is 10.2 Å². The van der Waals surface area contributed by atoms with Gasteiger partial charge in [-0.3, -0.25) is 24.6 Å². The smallest absolute Gasteiger partial charge is 0.299 e. The molecule has 0 aliphatic carbocycles. The van der Waals surface area contributed by atoms with Crippen molar-refractivity contribution in [3.05, 3.63) is 34.8 Å². The van der Waals surface area contributed by atoms with Gasteiger partial charge in [0, 0.05) is 0 Å². The molecule has 106 valence electrons. The van der Waals surface area contributed by atoms with E-state index in [-0.39, 0.29) is 6.54 Å². The van der Waals surface area contributed by atoms with Crippen LogP contribution in [0, 0.1) is 6.92 Å². The summed E-state index contributed by atoms with van der Waals surface area (Å²) >= 11 is 1.24. The Morgan fingerprint density at radius 3 is 2.76 bits per heavy atom. The quantitative estimate of drug-likeness (QED) is 0.854. The number of fused-ring (bicyclic) bond motifs is 1. The van der Waals surface area contributed by atoms with E-state index in [4.69, 9.17) is 0 Å². The van der Waals surface area contributed by atoms with E-state index in [1.165, 1.54) is 16.2 Å². The van der Waals surface area contributed by atoms with Crippen LogP contribution in [0.2, 0.25) is 0 Å². The topological polar surface area (TPSA) is 92.3 Å². The molecular formula is C13H10N4O3S. The number of anilines is 2. The molecule has 0 bridgehead atoms. The number of aromatic nitrogens is 2. The summed E-state index contributed by atoms with van der Waals surface area (Å²) in [6.45, 7) is 1.53. The standard InChI is InChI=1S/C13H10N4O3S/c1-7-15-16-13(21-7)14-10(18)6-17-9-5-3-2-4-8(9)11(19)12(17)20/h2-5H,6H2,1H3,(H,14,16,18). The molecule has 2 heterocycles. The largest absolute Gasteiger partial charge is 0.299 e. The summed E-state index contributed by atoms with van der Waals surface area (Å²) in [6.07, 6.45) is 0. The summed E-state index contributed by atoms with van der Waals surface area (Å²) in [5.74, 6) is -1.71. The fraction of sp³-hybridized carbons (Fsp3) is 0.154. The van der Waals surface area contributed by atoms with Gasteiger partial charge in [0.05, 0.1) is 11.3 Å². The molecule has 1 N–H and O–H groups in total. The molecule has 1 aliphatic rings. The van der Waals surface area contributed by atoms with Gasteiger partial charge in [-0.05, 0) is 19.1 Å². The summed E-state index contributed by atoms with van der Waals surface area (Å²) in [7, 11) is 0. The van der Waals surface area contributed by atoms with E-state index >= 15 is 0 Å². The number of para-hydroxylation sites is 1.